The van der Waals surface area contributed by atoms with Gasteiger partial charge in [0.25, 0.3) is 0 Å². The molecule has 0 radical (unpaired) electrons. The molecule has 0 bridgehead atoms. The number of amides is 2. The summed E-state index contributed by atoms with van der Waals surface area (Å²) in [6, 6.07) is 25.6. The van der Waals surface area contributed by atoms with Crippen molar-refractivity contribution in [2.45, 2.75) is 32.4 Å². The SMILES string of the molecule is CCOCCCNC(=O)[C@H](c1ccccc1)N(Cc1ccccc1)C(=O)Cc1ccc(Cl)cc1. The highest BCUT2D eigenvalue weighted by Crippen LogP contribution is 2.25. The van der Waals surface area contributed by atoms with Crippen LogP contribution >= 0.6 is 11.6 Å². The maximum Gasteiger partial charge on any atom is 0.247 e. The van der Waals surface area contributed by atoms with E-state index >= 15 is 0 Å². The quantitative estimate of drug-likeness (QED) is 0.364. The fourth-order valence-corrected chi connectivity index (χ4v) is 3.84. The summed E-state index contributed by atoms with van der Waals surface area (Å²) in [5, 5.41) is 3.62. The molecular weight excluding hydrogens is 448 g/mol. The number of benzene rings is 3. The largest absolute Gasteiger partial charge is 0.382 e. The van der Waals surface area contributed by atoms with E-state index in [1.807, 2.05) is 79.7 Å². The number of carbonyl (C=O) groups excluding carboxylic acids is 2. The molecule has 0 heterocycles. The molecule has 0 saturated carbocycles. The number of rotatable bonds is 12. The first-order chi connectivity index (χ1) is 16.6. The van der Waals surface area contributed by atoms with Gasteiger partial charge in [-0.2, -0.15) is 0 Å². The van der Waals surface area contributed by atoms with Crippen molar-refractivity contribution < 1.29 is 14.3 Å². The Balaban J connectivity index is 1.88. The second kappa shape index (κ2) is 13.5. The summed E-state index contributed by atoms with van der Waals surface area (Å²) < 4.78 is 5.37. The Hall–Kier alpha value is -3.15. The standard InChI is InChI=1S/C28H31ClN2O3/c1-2-34-19-9-18-30-28(33)27(24-12-7-4-8-13-24)31(21-23-10-5-3-6-11-23)26(32)20-22-14-16-25(29)17-15-22/h3-8,10-17,27H,2,9,18-21H2,1H3,(H,30,33)/t27-/m0/s1. The summed E-state index contributed by atoms with van der Waals surface area (Å²) >= 11 is 6.01. The van der Waals surface area contributed by atoms with Crippen LogP contribution in [-0.4, -0.2) is 36.5 Å². The van der Waals surface area contributed by atoms with Crippen molar-refractivity contribution in [3.63, 3.8) is 0 Å². The zero-order chi connectivity index (χ0) is 24.2. The molecule has 0 fully saturated rings. The van der Waals surface area contributed by atoms with E-state index in [-0.39, 0.29) is 18.2 Å². The molecule has 34 heavy (non-hydrogen) atoms. The first-order valence-electron chi connectivity index (χ1n) is 11.6. The Morgan fingerprint density at radius 2 is 1.56 bits per heavy atom. The van der Waals surface area contributed by atoms with E-state index in [2.05, 4.69) is 5.32 Å². The number of hydrogen-bond acceptors (Lipinski definition) is 3. The number of ether oxygens (including phenoxy) is 1. The second-order valence-electron chi connectivity index (χ2n) is 7.97. The smallest absolute Gasteiger partial charge is 0.247 e. The van der Waals surface area contributed by atoms with Gasteiger partial charge in [0.1, 0.15) is 6.04 Å². The van der Waals surface area contributed by atoms with Crippen molar-refractivity contribution in [1.29, 1.82) is 0 Å². The summed E-state index contributed by atoms with van der Waals surface area (Å²) in [6.45, 7) is 3.96. The predicted octanol–water partition coefficient (Wildman–Crippen LogP) is 5.20. The van der Waals surface area contributed by atoms with Crippen LogP contribution in [0.15, 0.2) is 84.9 Å². The van der Waals surface area contributed by atoms with Gasteiger partial charge in [-0.1, -0.05) is 84.4 Å². The fourth-order valence-electron chi connectivity index (χ4n) is 3.72. The van der Waals surface area contributed by atoms with E-state index in [1.165, 1.54) is 0 Å². The molecule has 0 aliphatic heterocycles. The lowest BCUT2D eigenvalue weighted by Gasteiger charge is -2.32. The number of carbonyl (C=O) groups is 2. The normalized spacial score (nSPS) is 11.6. The summed E-state index contributed by atoms with van der Waals surface area (Å²) in [4.78, 5) is 28.7. The van der Waals surface area contributed by atoms with Gasteiger partial charge in [0.05, 0.1) is 6.42 Å². The molecule has 0 aliphatic rings. The van der Waals surface area contributed by atoms with E-state index < -0.39 is 6.04 Å². The number of nitrogens with one attached hydrogen (secondary N) is 1. The summed E-state index contributed by atoms with van der Waals surface area (Å²) in [5.41, 5.74) is 2.57. The molecule has 3 aromatic carbocycles. The molecule has 178 valence electrons. The third kappa shape index (κ3) is 7.72. The molecule has 0 spiro atoms. The monoisotopic (exact) mass is 478 g/mol. The van der Waals surface area contributed by atoms with Crippen LogP contribution in [0.5, 0.6) is 0 Å². The molecule has 3 aromatic rings. The Morgan fingerprint density at radius 3 is 2.21 bits per heavy atom. The van der Waals surface area contributed by atoms with Crippen LogP contribution in [-0.2, 0) is 27.3 Å². The van der Waals surface area contributed by atoms with Crippen LogP contribution in [0.2, 0.25) is 5.02 Å². The van der Waals surface area contributed by atoms with Crippen LogP contribution in [0.1, 0.15) is 36.1 Å². The lowest BCUT2D eigenvalue weighted by molar-refractivity contribution is -0.141. The lowest BCUT2D eigenvalue weighted by Crippen LogP contribution is -2.44. The van der Waals surface area contributed by atoms with Crippen molar-refractivity contribution in [3.05, 3.63) is 107 Å². The minimum atomic E-state index is -0.756. The van der Waals surface area contributed by atoms with Crippen LogP contribution in [0.25, 0.3) is 0 Å². The maximum absolute atomic E-state index is 13.6. The lowest BCUT2D eigenvalue weighted by atomic mass is 10.0. The highest BCUT2D eigenvalue weighted by Gasteiger charge is 2.31. The molecule has 0 aromatic heterocycles. The van der Waals surface area contributed by atoms with E-state index in [0.717, 1.165) is 16.7 Å². The number of hydrogen-bond donors (Lipinski definition) is 1. The summed E-state index contributed by atoms with van der Waals surface area (Å²) in [5.74, 6) is -0.340. The van der Waals surface area contributed by atoms with Crippen molar-refractivity contribution in [1.82, 2.24) is 10.2 Å². The molecule has 1 atom stereocenters. The third-order valence-electron chi connectivity index (χ3n) is 5.43. The van der Waals surface area contributed by atoms with Crippen molar-refractivity contribution >= 4 is 23.4 Å². The van der Waals surface area contributed by atoms with Crippen LogP contribution < -0.4 is 5.32 Å². The molecule has 5 nitrogen and oxygen atoms in total. The number of nitrogens with zero attached hydrogens (tertiary/aromatic N) is 1. The van der Waals surface area contributed by atoms with Gasteiger partial charge in [-0.05, 0) is 42.2 Å². The predicted molar refractivity (Wildman–Crippen MR) is 135 cm³/mol. The van der Waals surface area contributed by atoms with Gasteiger partial charge in [0.15, 0.2) is 0 Å². The van der Waals surface area contributed by atoms with Crippen molar-refractivity contribution in [3.8, 4) is 0 Å². The van der Waals surface area contributed by atoms with Gasteiger partial charge in [0.2, 0.25) is 11.8 Å². The highest BCUT2D eigenvalue weighted by molar-refractivity contribution is 6.30. The minimum Gasteiger partial charge on any atom is -0.382 e. The van der Waals surface area contributed by atoms with E-state index in [1.54, 1.807) is 17.0 Å². The average Bonchev–Trinajstić information content (AvgIpc) is 2.86. The Morgan fingerprint density at radius 1 is 0.912 bits per heavy atom. The molecule has 2 amide bonds. The molecule has 0 saturated heterocycles. The molecule has 3 rings (SSSR count). The van der Waals surface area contributed by atoms with Gasteiger partial charge in [-0.25, -0.2) is 0 Å². The summed E-state index contributed by atoms with van der Waals surface area (Å²) in [7, 11) is 0. The van der Waals surface area contributed by atoms with Crippen molar-refractivity contribution in [2.24, 2.45) is 0 Å². The summed E-state index contributed by atoms with van der Waals surface area (Å²) in [6.07, 6.45) is 0.878. The van der Waals surface area contributed by atoms with Gasteiger partial charge in [-0.3, -0.25) is 9.59 Å². The Labute approximate surface area is 206 Å². The Kier molecular flexibility index (Phi) is 10.1. The third-order valence-corrected chi connectivity index (χ3v) is 5.68. The second-order valence-corrected chi connectivity index (χ2v) is 8.40. The molecule has 6 heteroatoms. The van der Waals surface area contributed by atoms with Crippen molar-refractivity contribution in [2.75, 3.05) is 19.8 Å². The van der Waals surface area contributed by atoms with E-state index in [4.69, 9.17) is 16.3 Å². The van der Waals surface area contributed by atoms with Gasteiger partial charge >= 0.3 is 0 Å². The fraction of sp³-hybridized carbons (Fsp3) is 0.286. The zero-order valence-corrected chi connectivity index (χ0v) is 20.2. The van der Waals surface area contributed by atoms with Crippen LogP contribution in [0.4, 0.5) is 0 Å². The van der Waals surface area contributed by atoms with E-state index in [9.17, 15) is 9.59 Å². The van der Waals surface area contributed by atoms with Gasteiger partial charge in [-0.15, -0.1) is 0 Å². The molecule has 0 aliphatic carbocycles. The number of halogens is 1. The zero-order valence-electron chi connectivity index (χ0n) is 19.5. The average molecular weight is 479 g/mol. The van der Waals surface area contributed by atoms with Crippen LogP contribution in [0.3, 0.4) is 0 Å². The van der Waals surface area contributed by atoms with Crippen LogP contribution in [0, 0.1) is 0 Å². The Bertz CT molecular complexity index is 1030. The first kappa shape index (κ1) is 25.5. The highest BCUT2D eigenvalue weighted by atomic mass is 35.5. The molecule has 0 unspecified atom stereocenters. The minimum absolute atomic E-state index is 0.135. The van der Waals surface area contributed by atoms with Gasteiger partial charge in [0, 0.05) is 31.3 Å². The van der Waals surface area contributed by atoms with Gasteiger partial charge < -0.3 is 15.0 Å². The topological polar surface area (TPSA) is 58.6 Å². The first-order valence-corrected chi connectivity index (χ1v) is 11.9. The maximum atomic E-state index is 13.6. The molecule has 1 N–H and O–H groups in total. The molecular formula is C28H31ClN2O3. The van der Waals surface area contributed by atoms with E-state index in [0.29, 0.717) is 37.7 Å².